The Morgan fingerprint density at radius 3 is 3.00 bits per heavy atom. The number of halogens is 1. The maximum atomic E-state index is 13.7. The van der Waals surface area contributed by atoms with E-state index in [1.807, 2.05) is 6.92 Å². The molecule has 0 aliphatic heterocycles. The number of hydrogen-bond acceptors (Lipinski definition) is 3. The van der Waals surface area contributed by atoms with Crippen LogP contribution in [0.4, 0.5) is 10.1 Å². The molecule has 0 saturated carbocycles. The second-order valence-electron chi connectivity index (χ2n) is 4.69. The van der Waals surface area contributed by atoms with Crippen LogP contribution in [0.1, 0.15) is 24.8 Å². The van der Waals surface area contributed by atoms with Gasteiger partial charge in [-0.2, -0.15) is 0 Å². The first-order valence-electron chi connectivity index (χ1n) is 6.14. The van der Waals surface area contributed by atoms with Crippen LogP contribution in [-0.2, 0) is 0 Å². The number of nitrogens with two attached hydrogens (primary N) is 1. The lowest BCUT2D eigenvalue weighted by atomic mass is 9.92. The monoisotopic (exact) mass is 247 g/mol. The van der Waals surface area contributed by atoms with Crippen molar-refractivity contribution >= 4 is 11.9 Å². The molecule has 4 N–H and O–H groups in total. The van der Waals surface area contributed by atoms with Crippen molar-refractivity contribution in [2.24, 2.45) is 5.73 Å². The molecule has 18 heavy (non-hydrogen) atoms. The molecule has 0 radical (unpaired) electrons. The highest BCUT2D eigenvalue weighted by molar-refractivity contribution is 5.80. The van der Waals surface area contributed by atoms with E-state index in [2.05, 4.69) is 5.32 Å². The van der Waals surface area contributed by atoms with Crippen LogP contribution in [0.15, 0.2) is 29.5 Å². The standard InChI is InChI=1S/C14H18FN3/c1-9-5-6-11(15)14(7-9)18-13-4-2-3-12(17)10(13)8-16/h5-8,12,16,18H,2-4,17H2,1H3. The summed E-state index contributed by atoms with van der Waals surface area (Å²) < 4.78 is 13.7. The van der Waals surface area contributed by atoms with Gasteiger partial charge in [0.2, 0.25) is 0 Å². The highest BCUT2D eigenvalue weighted by atomic mass is 19.1. The fourth-order valence-electron chi connectivity index (χ4n) is 2.25. The molecule has 1 aromatic carbocycles. The minimum atomic E-state index is -0.281. The van der Waals surface area contributed by atoms with Gasteiger partial charge >= 0.3 is 0 Å². The number of allylic oxidation sites excluding steroid dienone is 1. The number of anilines is 1. The molecule has 96 valence electrons. The Labute approximate surface area is 106 Å². The average molecular weight is 247 g/mol. The molecule has 0 spiro atoms. The molecule has 0 saturated heterocycles. The molecule has 3 nitrogen and oxygen atoms in total. The lowest BCUT2D eigenvalue weighted by Crippen LogP contribution is -2.29. The quantitative estimate of drug-likeness (QED) is 0.719. The van der Waals surface area contributed by atoms with E-state index >= 15 is 0 Å². The summed E-state index contributed by atoms with van der Waals surface area (Å²) in [6, 6.07) is 4.83. The third-order valence-electron chi connectivity index (χ3n) is 3.25. The fraction of sp³-hybridized carbons (Fsp3) is 0.357. The number of benzene rings is 1. The first-order chi connectivity index (χ1) is 8.61. The number of aryl methyl sites for hydroxylation is 1. The Morgan fingerprint density at radius 2 is 2.28 bits per heavy atom. The molecule has 0 amide bonds. The van der Waals surface area contributed by atoms with E-state index in [0.29, 0.717) is 5.69 Å². The van der Waals surface area contributed by atoms with Gasteiger partial charge in [-0.15, -0.1) is 0 Å². The molecule has 1 aromatic rings. The molecule has 0 fully saturated rings. The zero-order chi connectivity index (χ0) is 13.1. The molecule has 1 atom stereocenters. The summed E-state index contributed by atoms with van der Waals surface area (Å²) >= 11 is 0. The van der Waals surface area contributed by atoms with Gasteiger partial charge in [0, 0.05) is 23.5 Å². The Hall–Kier alpha value is -1.68. The maximum Gasteiger partial charge on any atom is 0.146 e. The van der Waals surface area contributed by atoms with Crippen molar-refractivity contribution in [2.75, 3.05) is 5.32 Å². The molecule has 2 rings (SSSR count). The summed E-state index contributed by atoms with van der Waals surface area (Å²) in [5, 5.41) is 10.5. The predicted octanol–water partition coefficient (Wildman–Crippen LogP) is 2.96. The van der Waals surface area contributed by atoms with E-state index in [4.69, 9.17) is 11.1 Å². The van der Waals surface area contributed by atoms with Gasteiger partial charge in [0.05, 0.1) is 5.69 Å². The Balaban J connectivity index is 2.32. The molecule has 0 heterocycles. The van der Waals surface area contributed by atoms with Crippen LogP contribution >= 0.6 is 0 Å². The highest BCUT2D eigenvalue weighted by Gasteiger charge is 2.19. The predicted molar refractivity (Wildman–Crippen MR) is 72.4 cm³/mol. The number of nitrogens with one attached hydrogen (secondary N) is 2. The minimum absolute atomic E-state index is 0.119. The second kappa shape index (κ2) is 5.31. The molecule has 1 aliphatic carbocycles. The van der Waals surface area contributed by atoms with Gasteiger partial charge in [-0.05, 0) is 43.9 Å². The van der Waals surface area contributed by atoms with E-state index in [1.165, 1.54) is 12.3 Å². The topological polar surface area (TPSA) is 61.9 Å². The van der Waals surface area contributed by atoms with E-state index in [9.17, 15) is 4.39 Å². The van der Waals surface area contributed by atoms with Crippen molar-refractivity contribution in [3.63, 3.8) is 0 Å². The van der Waals surface area contributed by atoms with Gasteiger partial charge in [-0.25, -0.2) is 4.39 Å². The smallest absolute Gasteiger partial charge is 0.146 e. The van der Waals surface area contributed by atoms with E-state index in [1.54, 1.807) is 12.1 Å². The molecular weight excluding hydrogens is 229 g/mol. The van der Waals surface area contributed by atoms with Crippen molar-refractivity contribution in [1.82, 2.24) is 0 Å². The summed E-state index contributed by atoms with van der Waals surface area (Å²) in [6.45, 7) is 1.92. The molecular formula is C14H18FN3. The van der Waals surface area contributed by atoms with Crippen molar-refractivity contribution in [3.8, 4) is 0 Å². The highest BCUT2D eigenvalue weighted by Crippen LogP contribution is 2.26. The van der Waals surface area contributed by atoms with Gasteiger partial charge < -0.3 is 16.5 Å². The van der Waals surface area contributed by atoms with Crippen LogP contribution in [0.3, 0.4) is 0 Å². The summed E-state index contributed by atoms with van der Waals surface area (Å²) in [5.74, 6) is -0.281. The van der Waals surface area contributed by atoms with Gasteiger partial charge in [0.25, 0.3) is 0 Å². The summed E-state index contributed by atoms with van der Waals surface area (Å²) in [5.41, 5.74) is 9.06. The lowest BCUT2D eigenvalue weighted by Gasteiger charge is -2.24. The first-order valence-corrected chi connectivity index (χ1v) is 6.14. The summed E-state index contributed by atoms with van der Waals surface area (Å²) in [6.07, 6.45) is 3.94. The van der Waals surface area contributed by atoms with Crippen LogP contribution in [0.5, 0.6) is 0 Å². The zero-order valence-corrected chi connectivity index (χ0v) is 10.5. The maximum absolute atomic E-state index is 13.7. The normalized spacial score (nSPS) is 19.8. The van der Waals surface area contributed by atoms with Crippen molar-refractivity contribution < 1.29 is 4.39 Å². The van der Waals surface area contributed by atoms with Crippen LogP contribution < -0.4 is 11.1 Å². The zero-order valence-electron chi connectivity index (χ0n) is 10.5. The van der Waals surface area contributed by atoms with Crippen molar-refractivity contribution in [1.29, 1.82) is 5.41 Å². The van der Waals surface area contributed by atoms with Gasteiger partial charge in [-0.3, -0.25) is 0 Å². The van der Waals surface area contributed by atoms with E-state index in [-0.39, 0.29) is 11.9 Å². The average Bonchev–Trinajstić information content (AvgIpc) is 2.34. The van der Waals surface area contributed by atoms with Gasteiger partial charge in [-0.1, -0.05) is 6.07 Å². The molecule has 1 aliphatic rings. The Kier molecular flexibility index (Phi) is 3.77. The van der Waals surface area contributed by atoms with Crippen LogP contribution in [0.2, 0.25) is 0 Å². The van der Waals surface area contributed by atoms with E-state index < -0.39 is 0 Å². The summed E-state index contributed by atoms with van der Waals surface area (Å²) in [7, 11) is 0. The Bertz CT molecular complexity index is 494. The molecule has 1 unspecified atom stereocenters. The summed E-state index contributed by atoms with van der Waals surface area (Å²) in [4.78, 5) is 0. The van der Waals surface area contributed by atoms with Crippen LogP contribution in [-0.4, -0.2) is 12.3 Å². The Morgan fingerprint density at radius 1 is 1.50 bits per heavy atom. The van der Waals surface area contributed by atoms with Crippen molar-refractivity contribution in [2.45, 2.75) is 32.2 Å². The first kappa shape index (κ1) is 12.8. The van der Waals surface area contributed by atoms with Crippen molar-refractivity contribution in [3.05, 3.63) is 40.8 Å². The third kappa shape index (κ3) is 2.59. The second-order valence-corrected chi connectivity index (χ2v) is 4.69. The number of rotatable bonds is 3. The van der Waals surface area contributed by atoms with E-state index in [0.717, 1.165) is 36.1 Å². The fourth-order valence-corrected chi connectivity index (χ4v) is 2.25. The SMILES string of the molecule is Cc1ccc(F)c(NC2=C(C=N)C(N)CCC2)c1. The third-order valence-corrected chi connectivity index (χ3v) is 3.25. The van der Waals surface area contributed by atoms with Crippen LogP contribution in [0, 0.1) is 18.2 Å². The largest absolute Gasteiger partial charge is 0.356 e. The molecule has 4 heteroatoms. The molecule has 0 bridgehead atoms. The molecule has 0 aromatic heterocycles. The lowest BCUT2D eigenvalue weighted by molar-refractivity contribution is 0.608. The number of hydrogen-bond donors (Lipinski definition) is 3. The minimum Gasteiger partial charge on any atom is -0.356 e. The van der Waals surface area contributed by atoms with Gasteiger partial charge in [0.15, 0.2) is 0 Å². The van der Waals surface area contributed by atoms with Crippen LogP contribution in [0.25, 0.3) is 0 Å². The van der Waals surface area contributed by atoms with Gasteiger partial charge in [0.1, 0.15) is 5.82 Å².